The summed E-state index contributed by atoms with van der Waals surface area (Å²) in [7, 11) is 1.65. The summed E-state index contributed by atoms with van der Waals surface area (Å²) in [6.07, 6.45) is 4.31. The van der Waals surface area contributed by atoms with Gasteiger partial charge in [-0.25, -0.2) is 4.98 Å². The molecule has 0 spiro atoms. The topological polar surface area (TPSA) is 68.5 Å². The standard InChI is InChI=1S/C20H21N3O3/c1-25-12-9-19-22-16-8-7-14(13-18(16)26-19)20(24)23-11-4-6-17(23)15-5-2-3-10-21-15/h2-3,5,7-8,10,13,17H,4,6,9,11-12H2,1H3/t17-/m1/s1. The van der Waals surface area contributed by atoms with Crippen molar-refractivity contribution >= 4 is 17.0 Å². The van der Waals surface area contributed by atoms with Gasteiger partial charge >= 0.3 is 0 Å². The molecule has 1 saturated heterocycles. The maximum Gasteiger partial charge on any atom is 0.254 e. The highest BCUT2D eigenvalue weighted by atomic mass is 16.5. The van der Waals surface area contributed by atoms with E-state index in [0.29, 0.717) is 30.1 Å². The Morgan fingerprint density at radius 2 is 2.27 bits per heavy atom. The second-order valence-corrected chi connectivity index (χ2v) is 6.44. The average Bonchev–Trinajstić information content (AvgIpc) is 3.32. The summed E-state index contributed by atoms with van der Waals surface area (Å²) >= 11 is 0. The molecule has 3 heterocycles. The quantitative estimate of drug-likeness (QED) is 0.705. The van der Waals surface area contributed by atoms with Crippen LogP contribution in [0.1, 0.15) is 40.8 Å². The number of amides is 1. The summed E-state index contributed by atoms with van der Waals surface area (Å²) in [6, 6.07) is 11.3. The van der Waals surface area contributed by atoms with Crippen LogP contribution < -0.4 is 0 Å². The van der Waals surface area contributed by atoms with Crippen LogP contribution in [-0.4, -0.2) is 41.0 Å². The number of hydrogen-bond acceptors (Lipinski definition) is 5. The zero-order chi connectivity index (χ0) is 17.9. The first-order valence-electron chi connectivity index (χ1n) is 8.86. The highest BCUT2D eigenvalue weighted by Crippen LogP contribution is 2.32. The summed E-state index contributed by atoms with van der Waals surface area (Å²) in [5.41, 5.74) is 2.96. The fraction of sp³-hybridized carbons (Fsp3) is 0.350. The van der Waals surface area contributed by atoms with Crippen molar-refractivity contribution in [2.24, 2.45) is 0 Å². The maximum absolute atomic E-state index is 13.1. The van der Waals surface area contributed by atoms with Gasteiger partial charge < -0.3 is 14.1 Å². The molecule has 0 N–H and O–H groups in total. The molecule has 0 unspecified atom stereocenters. The molecule has 134 valence electrons. The normalized spacial score (nSPS) is 17.1. The van der Waals surface area contributed by atoms with Crippen molar-refractivity contribution in [1.29, 1.82) is 0 Å². The first kappa shape index (κ1) is 16.7. The van der Waals surface area contributed by atoms with E-state index in [0.717, 1.165) is 30.6 Å². The van der Waals surface area contributed by atoms with Crippen LogP contribution in [-0.2, 0) is 11.2 Å². The molecule has 1 aliphatic heterocycles. The predicted molar refractivity (Wildman–Crippen MR) is 96.8 cm³/mol. The lowest BCUT2D eigenvalue weighted by atomic mass is 10.1. The van der Waals surface area contributed by atoms with Gasteiger partial charge in [0.25, 0.3) is 5.91 Å². The zero-order valence-electron chi connectivity index (χ0n) is 14.7. The Labute approximate surface area is 151 Å². The predicted octanol–water partition coefficient (Wildman–Crippen LogP) is 3.39. The Bertz CT molecular complexity index is 907. The number of oxazole rings is 1. The average molecular weight is 351 g/mol. The molecular formula is C20H21N3O3. The lowest BCUT2D eigenvalue weighted by molar-refractivity contribution is 0.0733. The molecular weight excluding hydrogens is 330 g/mol. The van der Waals surface area contributed by atoms with E-state index in [1.807, 2.05) is 35.2 Å². The van der Waals surface area contributed by atoms with Gasteiger partial charge in [0.1, 0.15) is 5.52 Å². The third kappa shape index (κ3) is 3.20. The molecule has 4 rings (SSSR count). The Kier molecular flexibility index (Phi) is 4.67. The van der Waals surface area contributed by atoms with E-state index in [1.165, 1.54) is 0 Å². The number of methoxy groups -OCH3 is 1. The van der Waals surface area contributed by atoms with Gasteiger partial charge in [-0.1, -0.05) is 6.07 Å². The van der Waals surface area contributed by atoms with Crippen LogP contribution in [0.5, 0.6) is 0 Å². The fourth-order valence-corrected chi connectivity index (χ4v) is 3.46. The van der Waals surface area contributed by atoms with E-state index in [1.54, 1.807) is 19.4 Å². The highest BCUT2D eigenvalue weighted by Gasteiger charge is 2.31. The van der Waals surface area contributed by atoms with Crippen LogP contribution in [0.15, 0.2) is 47.0 Å². The van der Waals surface area contributed by atoms with Gasteiger partial charge in [-0.2, -0.15) is 0 Å². The first-order chi connectivity index (χ1) is 12.8. The van der Waals surface area contributed by atoms with Crippen LogP contribution >= 0.6 is 0 Å². The van der Waals surface area contributed by atoms with Gasteiger partial charge in [-0.3, -0.25) is 9.78 Å². The Balaban J connectivity index is 1.59. The lowest BCUT2D eigenvalue weighted by Gasteiger charge is -2.24. The van der Waals surface area contributed by atoms with Crippen LogP contribution in [0.3, 0.4) is 0 Å². The second-order valence-electron chi connectivity index (χ2n) is 6.44. The van der Waals surface area contributed by atoms with E-state index in [2.05, 4.69) is 9.97 Å². The molecule has 6 heteroatoms. The number of carbonyl (C=O) groups excluding carboxylic acids is 1. The summed E-state index contributed by atoms with van der Waals surface area (Å²) in [5, 5.41) is 0. The largest absolute Gasteiger partial charge is 0.441 e. The molecule has 1 amide bonds. The number of benzene rings is 1. The SMILES string of the molecule is COCCc1nc2ccc(C(=O)N3CCC[C@@H]3c3ccccn3)cc2o1. The molecule has 1 aromatic carbocycles. The monoisotopic (exact) mass is 351 g/mol. The number of fused-ring (bicyclic) bond motifs is 1. The van der Waals surface area contributed by atoms with Gasteiger partial charge in [-0.05, 0) is 43.2 Å². The zero-order valence-corrected chi connectivity index (χ0v) is 14.7. The molecule has 1 aliphatic rings. The van der Waals surface area contributed by atoms with Crippen LogP contribution in [0.4, 0.5) is 0 Å². The van der Waals surface area contributed by atoms with Crippen molar-refractivity contribution in [1.82, 2.24) is 14.9 Å². The Morgan fingerprint density at radius 1 is 1.35 bits per heavy atom. The van der Waals surface area contributed by atoms with Crippen molar-refractivity contribution in [2.45, 2.75) is 25.3 Å². The molecule has 26 heavy (non-hydrogen) atoms. The second kappa shape index (κ2) is 7.25. The molecule has 0 aliphatic carbocycles. The van der Waals surface area contributed by atoms with E-state index in [-0.39, 0.29) is 11.9 Å². The van der Waals surface area contributed by atoms with E-state index >= 15 is 0 Å². The van der Waals surface area contributed by atoms with E-state index in [4.69, 9.17) is 9.15 Å². The van der Waals surface area contributed by atoms with Crippen LogP contribution in [0.25, 0.3) is 11.1 Å². The van der Waals surface area contributed by atoms with Crippen LogP contribution in [0.2, 0.25) is 0 Å². The number of hydrogen-bond donors (Lipinski definition) is 0. The summed E-state index contributed by atoms with van der Waals surface area (Å²) in [4.78, 5) is 23.8. The van der Waals surface area contributed by atoms with Crippen LogP contribution in [0, 0.1) is 0 Å². The highest BCUT2D eigenvalue weighted by molar-refractivity contribution is 5.97. The molecule has 0 bridgehead atoms. The number of carbonyl (C=O) groups is 1. The third-order valence-electron chi connectivity index (χ3n) is 4.74. The van der Waals surface area contributed by atoms with Crippen molar-refractivity contribution in [3.8, 4) is 0 Å². The van der Waals surface area contributed by atoms with Crippen molar-refractivity contribution in [3.05, 3.63) is 59.7 Å². The maximum atomic E-state index is 13.1. The number of rotatable bonds is 5. The molecule has 6 nitrogen and oxygen atoms in total. The van der Waals surface area contributed by atoms with Crippen molar-refractivity contribution in [3.63, 3.8) is 0 Å². The van der Waals surface area contributed by atoms with E-state index < -0.39 is 0 Å². The lowest BCUT2D eigenvalue weighted by Crippen LogP contribution is -2.30. The Hall–Kier alpha value is -2.73. The van der Waals surface area contributed by atoms with Gasteiger partial charge in [0.05, 0.1) is 18.3 Å². The number of likely N-dealkylation sites (tertiary alicyclic amines) is 1. The smallest absolute Gasteiger partial charge is 0.254 e. The minimum Gasteiger partial charge on any atom is -0.441 e. The van der Waals surface area contributed by atoms with Gasteiger partial charge in [-0.15, -0.1) is 0 Å². The molecule has 2 aromatic heterocycles. The van der Waals surface area contributed by atoms with E-state index in [9.17, 15) is 4.79 Å². The minimum atomic E-state index is 0.00916. The number of nitrogens with zero attached hydrogens (tertiary/aromatic N) is 3. The molecule has 3 aromatic rings. The van der Waals surface area contributed by atoms with Gasteiger partial charge in [0, 0.05) is 31.8 Å². The number of ether oxygens (including phenoxy) is 1. The molecule has 1 fully saturated rings. The molecule has 0 saturated carbocycles. The molecule has 0 radical (unpaired) electrons. The Morgan fingerprint density at radius 3 is 3.08 bits per heavy atom. The number of aromatic nitrogens is 2. The van der Waals surface area contributed by atoms with Gasteiger partial charge in [0.15, 0.2) is 11.5 Å². The number of pyridine rings is 1. The van der Waals surface area contributed by atoms with Crippen molar-refractivity contribution in [2.75, 3.05) is 20.3 Å². The fourth-order valence-electron chi connectivity index (χ4n) is 3.46. The third-order valence-corrected chi connectivity index (χ3v) is 4.74. The van der Waals surface area contributed by atoms with Crippen molar-refractivity contribution < 1.29 is 13.9 Å². The summed E-state index contributed by atoms with van der Waals surface area (Å²) in [5.74, 6) is 0.633. The first-order valence-corrected chi connectivity index (χ1v) is 8.86. The minimum absolute atomic E-state index is 0.00916. The van der Waals surface area contributed by atoms with Gasteiger partial charge in [0.2, 0.25) is 0 Å². The molecule has 1 atom stereocenters. The summed E-state index contributed by atoms with van der Waals surface area (Å²) in [6.45, 7) is 1.30. The summed E-state index contributed by atoms with van der Waals surface area (Å²) < 4.78 is 10.8.